The first-order valence-corrected chi connectivity index (χ1v) is 7.80. The highest BCUT2D eigenvalue weighted by molar-refractivity contribution is 5.86. The minimum Gasteiger partial charge on any atom is -0.456 e. The maximum Gasteiger partial charge on any atom is 0.170 e. The zero-order valence-electron chi connectivity index (χ0n) is 13.7. The lowest BCUT2D eigenvalue weighted by Crippen LogP contribution is -2.19. The zero-order chi connectivity index (χ0) is 15.6. The van der Waals surface area contributed by atoms with Gasteiger partial charge in [0, 0.05) is 10.9 Å². The lowest BCUT2D eigenvalue weighted by atomic mass is 9.97. The van der Waals surface area contributed by atoms with Gasteiger partial charge in [0.25, 0.3) is 0 Å². The van der Waals surface area contributed by atoms with E-state index in [4.69, 9.17) is 4.42 Å². The monoisotopic (exact) mass is 291 g/mol. The van der Waals surface area contributed by atoms with Gasteiger partial charge >= 0.3 is 0 Å². The van der Waals surface area contributed by atoms with Crippen molar-refractivity contribution in [2.45, 2.75) is 47.6 Å². The molecule has 2 rings (SSSR count). The summed E-state index contributed by atoms with van der Waals surface area (Å²) in [5.74, 6) is 1.71. The highest BCUT2D eigenvalue weighted by atomic mass is 19.1. The smallest absolute Gasteiger partial charge is 0.170 e. The van der Waals surface area contributed by atoms with E-state index in [9.17, 15) is 4.39 Å². The normalized spacial score (nSPS) is 12.0. The molecular weight excluding hydrogens is 265 g/mol. The molecule has 0 aliphatic rings. The van der Waals surface area contributed by atoms with Gasteiger partial charge in [0.1, 0.15) is 5.76 Å². The van der Waals surface area contributed by atoms with E-state index >= 15 is 0 Å². The first-order valence-electron chi connectivity index (χ1n) is 7.80. The summed E-state index contributed by atoms with van der Waals surface area (Å²) >= 11 is 0. The Morgan fingerprint density at radius 2 is 1.86 bits per heavy atom. The Morgan fingerprint density at radius 1 is 1.14 bits per heavy atom. The van der Waals surface area contributed by atoms with Crippen LogP contribution in [0.4, 0.5) is 4.39 Å². The third-order valence-corrected chi connectivity index (χ3v) is 3.63. The number of halogens is 1. The molecule has 0 fully saturated rings. The molecule has 0 unspecified atom stereocenters. The van der Waals surface area contributed by atoms with Crippen molar-refractivity contribution in [3.63, 3.8) is 0 Å². The van der Waals surface area contributed by atoms with Crippen LogP contribution in [0.5, 0.6) is 0 Å². The molecule has 1 aromatic carbocycles. The Hall–Kier alpha value is -1.35. The minimum atomic E-state index is -0.268. The maximum atomic E-state index is 14.0. The summed E-state index contributed by atoms with van der Waals surface area (Å²) in [7, 11) is 0. The number of hydrogen-bond acceptors (Lipinski definition) is 2. The summed E-state index contributed by atoms with van der Waals surface area (Å²) in [6, 6.07) is 3.33. The number of benzene rings is 1. The van der Waals surface area contributed by atoms with E-state index in [1.165, 1.54) is 6.07 Å². The standard InChI is InChI=1S/C18H26FNO/c1-11(2)8-14-16(10-20-9-12(3)4)21-18-15(19)7-6-13(5)17(14)18/h6-7,11-12,20H,8-10H2,1-5H3. The number of rotatable bonds is 6. The van der Waals surface area contributed by atoms with E-state index in [1.54, 1.807) is 0 Å². The molecule has 21 heavy (non-hydrogen) atoms. The molecule has 0 saturated carbocycles. The Labute approximate surface area is 126 Å². The second-order valence-corrected chi connectivity index (χ2v) is 6.69. The van der Waals surface area contributed by atoms with Crippen LogP contribution in [0.1, 0.15) is 44.6 Å². The fourth-order valence-electron chi connectivity index (χ4n) is 2.70. The molecule has 1 heterocycles. The van der Waals surface area contributed by atoms with Gasteiger partial charge < -0.3 is 9.73 Å². The van der Waals surface area contributed by atoms with Crippen LogP contribution in [-0.2, 0) is 13.0 Å². The van der Waals surface area contributed by atoms with Crippen molar-refractivity contribution in [3.05, 3.63) is 34.8 Å². The van der Waals surface area contributed by atoms with Gasteiger partial charge in [0.2, 0.25) is 0 Å². The molecule has 0 aliphatic heterocycles. The molecule has 0 saturated heterocycles. The molecule has 3 heteroatoms. The number of hydrogen-bond donors (Lipinski definition) is 1. The molecule has 0 atom stereocenters. The summed E-state index contributed by atoms with van der Waals surface area (Å²) in [4.78, 5) is 0. The molecule has 1 N–H and O–H groups in total. The largest absolute Gasteiger partial charge is 0.456 e. The average Bonchev–Trinajstić information content (AvgIpc) is 2.73. The predicted molar refractivity (Wildman–Crippen MR) is 86.0 cm³/mol. The summed E-state index contributed by atoms with van der Waals surface area (Å²) in [6.45, 7) is 12.3. The van der Waals surface area contributed by atoms with E-state index in [0.717, 1.165) is 35.2 Å². The number of fused-ring (bicyclic) bond motifs is 1. The van der Waals surface area contributed by atoms with Crippen LogP contribution < -0.4 is 5.32 Å². The van der Waals surface area contributed by atoms with Gasteiger partial charge in [0.15, 0.2) is 11.4 Å². The number of aryl methyl sites for hydroxylation is 1. The van der Waals surface area contributed by atoms with Crippen molar-refractivity contribution in [2.75, 3.05) is 6.54 Å². The van der Waals surface area contributed by atoms with Gasteiger partial charge in [-0.15, -0.1) is 0 Å². The van der Waals surface area contributed by atoms with Crippen molar-refractivity contribution in [2.24, 2.45) is 11.8 Å². The van der Waals surface area contributed by atoms with Crippen molar-refractivity contribution in [3.8, 4) is 0 Å². The quantitative estimate of drug-likeness (QED) is 0.825. The van der Waals surface area contributed by atoms with Gasteiger partial charge in [-0.05, 0) is 43.4 Å². The minimum absolute atomic E-state index is 0.268. The van der Waals surface area contributed by atoms with Gasteiger partial charge in [-0.25, -0.2) is 4.39 Å². The van der Waals surface area contributed by atoms with Gasteiger partial charge in [-0.3, -0.25) is 0 Å². The molecule has 0 aliphatic carbocycles. The van der Waals surface area contributed by atoms with Crippen LogP contribution >= 0.6 is 0 Å². The van der Waals surface area contributed by atoms with E-state index in [0.29, 0.717) is 24.0 Å². The molecule has 2 nitrogen and oxygen atoms in total. The Bertz CT molecular complexity index is 613. The molecule has 1 aromatic heterocycles. The first-order chi connectivity index (χ1) is 9.90. The Kier molecular flexibility index (Phi) is 5.04. The van der Waals surface area contributed by atoms with E-state index in [-0.39, 0.29) is 5.82 Å². The highest BCUT2D eigenvalue weighted by Crippen LogP contribution is 2.32. The van der Waals surface area contributed by atoms with Gasteiger partial charge in [-0.2, -0.15) is 0 Å². The highest BCUT2D eigenvalue weighted by Gasteiger charge is 2.19. The second-order valence-electron chi connectivity index (χ2n) is 6.69. The van der Waals surface area contributed by atoms with Gasteiger partial charge in [-0.1, -0.05) is 33.8 Å². The van der Waals surface area contributed by atoms with Crippen LogP contribution in [0.3, 0.4) is 0 Å². The van der Waals surface area contributed by atoms with Crippen LogP contribution in [0.25, 0.3) is 11.0 Å². The fraction of sp³-hybridized carbons (Fsp3) is 0.556. The summed E-state index contributed by atoms with van der Waals surface area (Å²) in [5, 5.41) is 4.36. The third kappa shape index (κ3) is 3.65. The van der Waals surface area contributed by atoms with Crippen LogP contribution in [0.2, 0.25) is 0 Å². The topological polar surface area (TPSA) is 25.2 Å². The van der Waals surface area contributed by atoms with Crippen molar-refractivity contribution in [1.29, 1.82) is 0 Å². The van der Waals surface area contributed by atoms with Crippen molar-refractivity contribution in [1.82, 2.24) is 5.32 Å². The lowest BCUT2D eigenvalue weighted by Gasteiger charge is -2.09. The molecule has 116 valence electrons. The molecule has 0 amide bonds. The van der Waals surface area contributed by atoms with Crippen molar-refractivity contribution >= 4 is 11.0 Å². The summed E-state index contributed by atoms with van der Waals surface area (Å²) in [6.07, 6.45) is 0.913. The van der Waals surface area contributed by atoms with Crippen LogP contribution in [0, 0.1) is 24.6 Å². The lowest BCUT2D eigenvalue weighted by molar-refractivity contribution is 0.467. The maximum absolute atomic E-state index is 14.0. The van der Waals surface area contributed by atoms with E-state index in [2.05, 4.69) is 33.0 Å². The zero-order valence-corrected chi connectivity index (χ0v) is 13.7. The average molecular weight is 291 g/mol. The summed E-state index contributed by atoms with van der Waals surface area (Å²) < 4.78 is 19.9. The van der Waals surface area contributed by atoms with E-state index in [1.807, 2.05) is 13.0 Å². The fourth-order valence-corrected chi connectivity index (χ4v) is 2.70. The Balaban J connectivity index is 2.42. The molecular formula is C18H26FNO. The van der Waals surface area contributed by atoms with Gasteiger partial charge in [0.05, 0.1) is 6.54 Å². The van der Waals surface area contributed by atoms with E-state index < -0.39 is 0 Å². The predicted octanol–water partition coefficient (Wildman–Crippen LogP) is 4.82. The molecule has 0 radical (unpaired) electrons. The van der Waals surface area contributed by atoms with Crippen LogP contribution in [0.15, 0.2) is 16.5 Å². The van der Waals surface area contributed by atoms with Crippen molar-refractivity contribution < 1.29 is 8.81 Å². The molecule has 0 spiro atoms. The molecule has 2 aromatic rings. The number of furan rings is 1. The molecule has 0 bridgehead atoms. The number of nitrogens with one attached hydrogen (secondary N) is 1. The summed E-state index contributed by atoms with van der Waals surface area (Å²) in [5.41, 5.74) is 2.65. The second kappa shape index (κ2) is 6.61. The van der Waals surface area contributed by atoms with Crippen LogP contribution in [-0.4, -0.2) is 6.54 Å². The Morgan fingerprint density at radius 3 is 2.48 bits per heavy atom. The third-order valence-electron chi connectivity index (χ3n) is 3.63. The first kappa shape index (κ1) is 16.0. The SMILES string of the molecule is Cc1ccc(F)c2oc(CNCC(C)C)c(CC(C)C)c12.